The van der Waals surface area contributed by atoms with Gasteiger partial charge in [-0.25, -0.2) is 0 Å². The van der Waals surface area contributed by atoms with Crippen molar-refractivity contribution in [3.63, 3.8) is 0 Å². The van der Waals surface area contributed by atoms with Crippen LogP contribution in [0.5, 0.6) is 0 Å². The Balaban J connectivity index is 2.11. The van der Waals surface area contributed by atoms with Crippen molar-refractivity contribution in [1.82, 2.24) is 4.90 Å². The van der Waals surface area contributed by atoms with E-state index in [1.807, 2.05) is 24.3 Å². The highest BCUT2D eigenvalue weighted by atomic mass is 35.5. The normalized spacial score (nSPS) is 23.5. The number of ether oxygens (including phenoxy) is 1. The molecule has 1 fully saturated rings. The van der Waals surface area contributed by atoms with Crippen molar-refractivity contribution in [1.29, 1.82) is 0 Å². The molecule has 1 unspecified atom stereocenters. The van der Waals surface area contributed by atoms with Gasteiger partial charge in [-0.3, -0.25) is 4.90 Å². The Morgan fingerprint density at radius 1 is 1.42 bits per heavy atom. The molecule has 1 atom stereocenters. The van der Waals surface area contributed by atoms with Crippen LogP contribution in [0.25, 0.3) is 0 Å². The van der Waals surface area contributed by atoms with E-state index in [0.717, 1.165) is 30.1 Å². The van der Waals surface area contributed by atoms with Crippen molar-refractivity contribution in [3.05, 3.63) is 34.9 Å². The van der Waals surface area contributed by atoms with E-state index in [4.69, 9.17) is 21.4 Å². The Labute approximate surface area is 120 Å². The number of morpholine rings is 1. The molecule has 1 aliphatic rings. The molecule has 0 radical (unpaired) electrons. The predicted octanol–water partition coefficient (Wildman–Crippen LogP) is 2.87. The molecule has 0 saturated carbocycles. The molecule has 1 aromatic rings. The van der Waals surface area contributed by atoms with Gasteiger partial charge in [0.2, 0.25) is 0 Å². The van der Waals surface area contributed by atoms with E-state index in [2.05, 4.69) is 18.7 Å². The minimum atomic E-state index is 0.00687. The molecule has 0 aromatic heterocycles. The maximum absolute atomic E-state index is 9.02. The second kappa shape index (κ2) is 6.23. The van der Waals surface area contributed by atoms with E-state index in [-0.39, 0.29) is 18.2 Å². The molecule has 1 heterocycles. The topological polar surface area (TPSA) is 32.7 Å². The quantitative estimate of drug-likeness (QED) is 0.922. The molecule has 1 saturated heterocycles. The third-order valence-electron chi connectivity index (χ3n) is 3.72. The summed E-state index contributed by atoms with van der Waals surface area (Å²) in [5, 5.41) is 9.77. The zero-order valence-electron chi connectivity index (χ0n) is 11.6. The average molecular weight is 284 g/mol. The predicted molar refractivity (Wildman–Crippen MR) is 77.5 cm³/mol. The third-order valence-corrected chi connectivity index (χ3v) is 4.06. The Morgan fingerprint density at radius 3 is 2.84 bits per heavy atom. The molecule has 1 aliphatic heterocycles. The van der Waals surface area contributed by atoms with Gasteiger partial charge < -0.3 is 9.84 Å². The first kappa shape index (κ1) is 14.8. The van der Waals surface area contributed by atoms with Gasteiger partial charge in [-0.15, -0.1) is 0 Å². The van der Waals surface area contributed by atoms with Crippen molar-refractivity contribution in [3.8, 4) is 0 Å². The lowest BCUT2D eigenvalue weighted by molar-refractivity contribution is -0.101. The fourth-order valence-corrected chi connectivity index (χ4v) is 2.73. The Bertz CT molecular complexity index is 422. The van der Waals surface area contributed by atoms with Gasteiger partial charge in [-0.1, -0.05) is 29.8 Å². The molecule has 4 heteroatoms. The van der Waals surface area contributed by atoms with Crippen LogP contribution in [0, 0.1) is 0 Å². The summed E-state index contributed by atoms with van der Waals surface area (Å²) in [5.74, 6) is 0. The van der Waals surface area contributed by atoms with Crippen molar-refractivity contribution in [2.24, 2.45) is 0 Å². The molecular weight excluding hydrogens is 262 g/mol. The molecule has 106 valence electrons. The average Bonchev–Trinajstić information content (AvgIpc) is 2.38. The van der Waals surface area contributed by atoms with Crippen LogP contribution in [0.2, 0.25) is 5.02 Å². The van der Waals surface area contributed by atoms with Crippen molar-refractivity contribution in [2.75, 3.05) is 26.3 Å². The smallest absolute Gasteiger partial charge is 0.0967 e. The molecule has 1 N–H and O–H groups in total. The number of hydrogen-bond acceptors (Lipinski definition) is 3. The number of halogens is 1. The van der Waals surface area contributed by atoms with E-state index in [1.165, 1.54) is 0 Å². The van der Waals surface area contributed by atoms with Crippen LogP contribution in [-0.2, 0) is 4.74 Å². The van der Waals surface area contributed by atoms with E-state index in [9.17, 15) is 0 Å². The van der Waals surface area contributed by atoms with Crippen molar-refractivity contribution < 1.29 is 9.84 Å². The van der Waals surface area contributed by atoms with Gasteiger partial charge in [0.1, 0.15) is 0 Å². The SMILES string of the molecule is CC1(C)COC(c2ccccc2Cl)CN1CCCO. The molecule has 0 bridgehead atoms. The largest absolute Gasteiger partial charge is 0.396 e. The number of rotatable bonds is 4. The van der Waals surface area contributed by atoms with Gasteiger partial charge in [0.05, 0.1) is 12.7 Å². The first-order valence-electron chi connectivity index (χ1n) is 6.76. The zero-order chi connectivity index (χ0) is 13.9. The molecule has 19 heavy (non-hydrogen) atoms. The Kier molecular flexibility index (Phi) is 4.85. The summed E-state index contributed by atoms with van der Waals surface area (Å²) in [6.07, 6.45) is 0.805. The lowest BCUT2D eigenvalue weighted by Gasteiger charge is -2.45. The van der Waals surface area contributed by atoms with E-state index in [0.29, 0.717) is 6.61 Å². The van der Waals surface area contributed by atoms with Gasteiger partial charge in [-0.05, 0) is 26.3 Å². The van der Waals surface area contributed by atoms with Crippen LogP contribution >= 0.6 is 11.6 Å². The Morgan fingerprint density at radius 2 is 2.16 bits per heavy atom. The fourth-order valence-electron chi connectivity index (χ4n) is 2.48. The second-order valence-electron chi connectivity index (χ2n) is 5.66. The van der Waals surface area contributed by atoms with Gasteiger partial charge in [-0.2, -0.15) is 0 Å². The summed E-state index contributed by atoms with van der Waals surface area (Å²) in [6.45, 7) is 6.95. The maximum Gasteiger partial charge on any atom is 0.0967 e. The minimum absolute atomic E-state index is 0.00687. The first-order valence-corrected chi connectivity index (χ1v) is 7.14. The highest BCUT2D eigenvalue weighted by Gasteiger charge is 2.35. The molecule has 3 nitrogen and oxygen atoms in total. The molecule has 2 rings (SSSR count). The van der Waals surface area contributed by atoms with Crippen LogP contribution in [0.15, 0.2) is 24.3 Å². The number of aliphatic hydroxyl groups is 1. The summed E-state index contributed by atoms with van der Waals surface area (Å²) < 4.78 is 5.98. The summed E-state index contributed by atoms with van der Waals surface area (Å²) >= 11 is 6.24. The first-order chi connectivity index (χ1) is 9.04. The van der Waals surface area contributed by atoms with Crippen LogP contribution in [0.4, 0.5) is 0 Å². The fraction of sp³-hybridized carbons (Fsp3) is 0.600. The monoisotopic (exact) mass is 283 g/mol. The number of hydrogen-bond donors (Lipinski definition) is 1. The van der Waals surface area contributed by atoms with Gasteiger partial charge >= 0.3 is 0 Å². The number of benzene rings is 1. The lowest BCUT2D eigenvalue weighted by atomic mass is 9.98. The van der Waals surface area contributed by atoms with Crippen LogP contribution in [-0.4, -0.2) is 41.8 Å². The molecule has 0 aliphatic carbocycles. The molecule has 0 amide bonds. The summed E-state index contributed by atoms with van der Waals surface area (Å²) in [6, 6.07) is 7.85. The van der Waals surface area contributed by atoms with E-state index < -0.39 is 0 Å². The molecular formula is C15H22ClNO2. The Hall–Kier alpha value is -0.610. The van der Waals surface area contributed by atoms with Gasteiger partial charge in [0, 0.05) is 35.8 Å². The van der Waals surface area contributed by atoms with Crippen molar-refractivity contribution in [2.45, 2.75) is 31.9 Å². The summed E-state index contributed by atoms with van der Waals surface area (Å²) in [7, 11) is 0. The van der Waals surface area contributed by atoms with Crippen LogP contribution < -0.4 is 0 Å². The zero-order valence-corrected chi connectivity index (χ0v) is 12.4. The van der Waals surface area contributed by atoms with Gasteiger partial charge in [0.25, 0.3) is 0 Å². The van der Waals surface area contributed by atoms with Crippen LogP contribution in [0.3, 0.4) is 0 Å². The van der Waals surface area contributed by atoms with Gasteiger partial charge in [0.15, 0.2) is 0 Å². The molecule has 0 spiro atoms. The number of nitrogens with zero attached hydrogens (tertiary/aromatic N) is 1. The highest BCUT2D eigenvalue weighted by molar-refractivity contribution is 6.31. The highest BCUT2D eigenvalue weighted by Crippen LogP contribution is 2.33. The number of aliphatic hydroxyl groups excluding tert-OH is 1. The third kappa shape index (κ3) is 3.48. The summed E-state index contributed by atoms with van der Waals surface area (Å²) in [5.41, 5.74) is 1.06. The second-order valence-corrected chi connectivity index (χ2v) is 6.06. The maximum atomic E-state index is 9.02. The van der Waals surface area contributed by atoms with E-state index in [1.54, 1.807) is 0 Å². The lowest BCUT2D eigenvalue weighted by Crippen LogP contribution is -2.54. The minimum Gasteiger partial charge on any atom is -0.396 e. The molecule has 1 aromatic carbocycles. The summed E-state index contributed by atoms with van der Waals surface area (Å²) in [4.78, 5) is 2.38. The van der Waals surface area contributed by atoms with E-state index >= 15 is 0 Å². The van der Waals surface area contributed by atoms with Crippen molar-refractivity contribution >= 4 is 11.6 Å². The standard InChI is InChI=1S/C15H22ClNO2/c1-15(2)11-19-14(10-17(15)8-5-9-18)12-6-3-4-7-13(12)16/h3-4,6-7,14,18H,5,8-11H2,1-2H3. The van der Waals surface area contributed by atoms with Crippen LogP contribution in [0.1, 0.15) is 31.9 Å².